The first-order valence-corrected chi connectivity index (χ1v) is 8.13. The fourth-order valence-corrected chi connectivity index (χ4v) is 2.29. The number of hydrazine groups is 1. The van der Waals surface area contributed by atoms with Crippen LogP contribution in [0.25, 0.3) is 0 Å². The van der Waals surface area contributed by atoms with Gasteiger partial charge in [0, 0.05) is 0 Å². The van der Waals surface area contributed by atoms with Crippen LogP contribution in [-0.4, -0.2) is 23.0 Å². The van der Waals surface area contributed by atoms with Gasteiger partial charge in [-0.05, 0) is 31.2 Å². The van der Waals surface area contributed by atoms with Gasteiger partial charge >= 0.3 is 0 Å². The maximum absolute atomic E-state index is 12.3. The number of nitrogens with two attached hydrogens (primary N) is 1. The monoisotopic (exact) mass is 365 g/mol. The molecule has 1 heterocycles. The molecule has 0 aliphatic heterocycles. The molecule has 27 heavy (non-hydrogen) atoms. The second-order valence-corrected chi connectivity index (χ2v) is 5.64. The van der Waals surface area contributed by atoms with E-state index in [1.807, 2.05) is 31.2 Å². The second kappa shape index (κ2) is 8.05. The van der Waals surface area contributed by atoms with Gasteiger partial charge in [0.05, 0.1) is 12.7 Å². The van der Waals surface area contributed by atoms with Crippen LogP contribution in [0.5, 0.6) is 17.4 Å². The van der Waals surface area contributed by atoms with Crippen molar-refractivity contribution in [3.05, 3.63) is 66.0 Å². The second-order valence-electron chi connectivity index (χ2n) is 5.64. The number of nitrogens with one attached hydrogen (secondary N) is 2. The Kier molecular flexibility index (Phi) is 5.36. The molecule has 0 fully saturated rings. The van der Waals surface area contributed by atoms with Gasteiger partial charge in [-0.2, -0.15) is 4.98 Å². The SMILES string of the molecule is COc1ccccc1C(=O)NNc1ncnc(Oc2ccc(C)cc2)c1N. The van der Waals surface area contributed by atoms with Crippen LogP contribution in [0.1, 0.15) is 15.9 Å². The van der Waals surface area contributed by atoms with Crippen LogP contribution in [0.15, 0.2) is 54.9 Å². The van der Waals surface area contributed by atoms with Gasteiger partial charge in [0.25, 0.3) is 5.91 Å². The summed E-state index contributed by atoms with van der Waals surface area (Å²) in [5.41, 5.74) is 12.9. The van der Waals surface area contributed by atoms with Crippen molar-refractivity contribution in [2.75, 3.05) is 18.3 Å². The lowest BCUT2D eigenvalue weighted by molar-refractivity contribution is 0.0959. The first-order valence-electron chi connectivity index (χ1n) is 8.13. The van der Waals surface area contributed by atoms with Crippen LogP contribution in [0.3, 0.4) is 0 Å². The summed E-state index contributed by atoms with van der Waals surface area (Å²) in [6, 6.07) is 14.3. The van der Waals surface area contributed by atoms with Crippen molar-refractivity contribution in [3.8, 4) is 17.4 Å². The predicted molar refractivity (Wildman–Crippen MR) is 102 cm³/mol. The number of para-hydroxylation sites is 1. The molecule has 0 atom stereocenters. The molecule has 2 aromatic carbocycles. The minimum atomic E-state index is -0.397. The third kappa shape index (κ3) is 4.24. The number of aryl methyl sites for hydroxylation is 1. The molecule has 0 saturated heterocycles. The first kappa shape index (κ1) is 18.0. The molecule has 1 amide bonds. The van der Waals surface area contributed by atoms with Gasteiger partial charge in [0.1, 0.15) is 23.5 Å². The van der Waals surface area contributed by atoms with E-state index in [4.69, 9.17) is 15.2 Å². The van der Waals surface area contributed by atoms with Gasteiger partial charge in [-0.25, -0.2) is 4.98 Å². The van der Waals surface area contributed by atoms with E-state index in [2.05, 4.69) is 20.8 Å². The Labute approximate surface area is 156 Å². The third-order valence-corrected chi connectivity index (χ3v) is 3.73. The Balaban J connectivity index is 1.72. The Morgan fingerprint density at radius 1 is 1.07 bits per heavy atom. The van der Waals surface area contributed by atoms with E-state index in [0.29, 0.717) is 17.1 Å². The van der Waals surface area contributed by atoms with Crippen molar-refractivity contribution in [2.24, 2.45) is 0 Å². The average Bonchev–Trinajstić information content (AvgIpc) is 2.70. The summed E-state index contributed by atoms with van der Waals surface area (Å²) >= 11 is 0. The Morgan fingerprint density at radius 3 is 2.56 bits per heavy atom. The number of nitrogens with zero attached hydrogens (tertiary/aromatic N) is 2. The molecule has 0 unspecified atom stereocenters. The number of methoxy groups -OCH3 is 1. The van der Waals surface area contributed by atoms with E-state index in [9.17, 15) is 4.79 Å². The first-order chi connectivity index (χ1) is 13.1. The molecule has 0 saturated carbocycles. The van der Waals surface area contributed by atoms with Crippen LogP contribution in [-0.2, 0) is 0 Å². The van der Waals surface area contributed by atoms with Gasteiger partial charge in [-0.3, -0.25) is 15.6 Å². The number of anilines is 2. The average molecular weight is 365 g/mol. The van der Waals surface area contributed by atoms with Gasteiger partial charge in [0.2, 0.25) is 5.88 Å². The summed E-state index contributed by atoms with van der Waals surface area (Å²) in [7, 11) is 1.50. The number of amides is 1. The summed E-state index contributed by atoms with van der Waals surface area (Å²) in [6.45, 7) is 1.98. The molecule has 4 N–H and O–H groups in total. The lowest BCUT2D eigenvalue weighted by Crippen LogP contribution is -2.30. The summed E-state index contributed by atoms with van der Waals surface area (Å²) < 4.78 is 10.9. The lowest BCUT2D eigenvalue weighted by atomic mass is 10.2. The minimum absolute atomic E-state index is 0.165. The fraction of sp³-hybridized carbons (Fsp3) is 0.105. The maximum Gasteiger partial charge on any atom is 0.273 e. The van der Waals surface area contributed by atoms with Gasteiger partial charge in [-0.15, -0.1) is 0 Å². The van der Waals surface area contributed by atoms with Gasteiger partial charge < -0.3 is 15.2 Å². The van der Waals surface area contributed by atoms with E-state index in [1.165, 1.54) is 13.4 Å². The normalized spacial score (nSPS) is 10.1. The largest absolute Gasteiger partial charge is 0.496 e. The molecule has 138 valence electrons. The molecule has 8 heteroatoms. The molecule has 8 nitrogen and oxygen atoms in total. The van der Waals surface area contributed by atoms with Gasteiger partial charge in [-0.1, -0.05) is 29.8 Å². The fourth-order valence-electron chi connectivity index (χ4n) is 2.29. The summed E-state index contributed by atoms with van der Waals surface area (Å²) in [4.78, 5) is 20.4. The minimum Gasteiger partial charge on any atom is -0.496 e. The number of hydrogen-bond donors (Lipinski definition) is 3. The Hall–Kier alpha value is -3.81. The molecule has 0 aliphatic rings. The molecule has 3 rings (SSSR count). The van der Waals surface area contributed by atoms with Crippen LogP contribution < -0.4 is 26.1 Å². The number of carbonyl (C=O) groups is 1. The number of carbonyl (C=O) groups excluding carboxylic acids is 1. The zero-order valence-electron chi connectivity index (χ0n) is 14.9. The van der Waals surface area contributed by atoms with Crippen LogP contribution in [0.2, 0.25) is 0 Å². The van der Waals surface area contributed by atoms with Crippen molar-refractivity contribution in [3.63, 3.8) is 0 Å². The highest BCUT2D eigenvalue weighted by molar-refractivity contribution is 5.97. The molecule has 0 spiro atoms. The molecule has 1 aromatic heterocycles. The highest BCUT2D eigenvalue weighted by Crippen LogP contribution is 2.29. The number of hydrogen-bond acceptors (Lipinski definition) is 7. The molecule has 0 aliphatic carbocycles. The topological polar surface area (TPSA) is 111 Å². The third-order valence-electron chi connectivity index (χ3n) is 3.73. The van der Waals surface area contributed by atoms with Crippen molar-refractivity contribution in [1.29, 1.82) is 0 Å². The van der Waals surface area contributed by atoms with E-state index in [-0.39, 0.29) is 17.4 Å². The molecule has 0 bridgehead atoms. The number of nitrogen functional groups attached to an aromatic ring is 1. The highest BCUT2D eigenvalue weighted by atomic mass is 16.5. The number of benzene rings is 2. The van der Waals surface area contributed by atoms with Crippen LogP contribution >= 0.6 is 0 Å². The quantitative estimate of drug-likeness (QED) is 0.576. The van der Waals surface area contributed by atoms with Crippen molar-refractivity contribution in [2.45, 2.75) is 6.92 Å². The number of aromatic nitrogens is 2. The summed E-state index contributed by atoms with van der Waals surface area (Å²) in [5.74, 6) is 1.05. The van der Waals surface area contributed by atoms with Crippen molar-refractivity contribution in [1.82, 2.24) is 15.4 Å². The standard InChI is InChI=1S/C19H19N5O3/c1-12-7-9-13(10-8-12)27-19-16(20)17(21-11-22-19)23-24-18(25)14-5-3-4-6-15(14)26-2/h3-11H,20H2,1-2H3,(H,24,25)(H,21,22,23). The van der Waals surface area contributed by atoms with E-state index < -0.39 is 5.91 Å². The van der Waals surface area contributed by atoms with Gasteiger partial charge in [0.15, 0.2) is 5.82 Å². The summed E-state index contributed by atoms with van der Waals surface area (Å²) in [5, 5.41) is 0. The predicted octanol–water partition coefficient (Wildman–Crippen LogP) is 2.93. The molecular formula is C19H19N5O3. The highest BCUT2D eigenvalue weighted by Gasteiger charge is 2.14. The zero-order chi connectivity index (χ0) is 19.2. The molecule has 3 aromatic rings. The lowest BCUT2D eigenvalue weighted by Gasteiger charge is -2.13. The maximum atomic E-state index is 12.3. The zero-order valence-corrected chi connectivity index (χ0v) is 14.9. The van der Waals surface area contributed by atoms with Crippen LogP contribution in [0.4, 0.5) is 11.5 Å². The van der Waals surface area contributed by atoms with Crippen molar-refractivity contribution < 1.29 is 14.3 Å². The molecule has 0 radical (unpaired) electrons. The Bertz CT molecular complexity index is 944. The number of rotatable bonds is 6. The van der Waals surface area contributed by atoms with E-state index in [0.717, 1.165) is 5.56 Å². The van der Waals surface area contributed by atoms with Crippen molar-refractivity contribution >= 4 is 17.4 Å². The van der Waals surface area contributed by atoms with Crippen LogP contribution in [0, 0.1) is 6.92 Å². The van der Waals surface area contributed by atoms with E-state index >= 15 is 0 Å². The smallest absolute Gasteiger partial charge is 0.273 e. The number of ether oxygens (including phenoxy) is 2. The molecular weight excluding hydrogens is 346 g/mol. The summed E-state index contributed by atoms with van der Waals surface area (Å²) in [6.07, 6.45) is 1.29. The Morgan fingerprint density at radius 2 is 1.81 bits per heavy atom. The van der Waals surface area contributed by atoms with E-state index in [1.54, 1.807) is 24.3 Å².